The molecule has 1 aliphatic rings. The standard InChI is InChI=1S/C15H24N2O/c1-16-11-13-7-5-9-17(2)15(13)12-6-4-8-14(10-12)18-3/h4,6,8,10,13,15-16H,5,7,9,11H2,1-3H3. The SMILES string of the molecule is CNCC1CCCN(C)C1c1cccc(OC)c1. The molecule has 1 aliphatic heterocycles. The molecule has 1 saturated heterocycles. The van der Waals surface area contributed by atoms with Gasteiger partial charge in [-0.3, -0.25) is 4.90 Å². The number of hydrogen-bond donors (Lipinski definition) is 1. The van der Waals surface area contributed by atoms with Gasteiger partial charge >= 0.3 is 0 Å². The van der Waals surface area contributed by atoms with Gasteiger partial charge in [-0.2, -0.15) is 0 Å². The number of piperidine rings is 1. The highest BCUT2D eigenvalue weighted by Crippen LogP contribution is 2.35. The predicted molar refractivity (Wildman–Crippen MR) is 75.0 cm³/mol. The molecule has 18 heavy (non-hydrogen) atoms. The summed E-state index contributed by atoms with van der Waals surface area (Å²) in [4.78, 5) is 2.47. The van der Waals surface area contributed by atoms with Crippen LogP contribution >= 0.6 is 0 Å². The van der Waals surface area contributed by atoms with Gasteiger partial charge < -0.3 is 10.1 Å². The van der Waals surface area contributed by atoms with Crippen molar-refractivity contribution in [3.05, 3.63) is 29.8 Å². The second-order valence-corrected chi connectivity index (χ2v) is 5.16. The van der Waals surface area contributed by atoms with Crippen LogP contribution in [0.2, 0.25) is 0 Å². The monoisotopic (exact) mass is 248 g/mol. The summed E-state index contributed by atoms with van der Waals surface area (Å²) >= 11 is 0. The van der Waals surface area contributed by atoms with E-state index in [4.69, 9.17) is 4.74 Å². The fourth-order valence-electron chi connectivity index (χ4n) is 3.09. The van der Waals surface area contributed by atoms with Crippen molar-refractivity contribution in [1.82, 2.24) is 10.2 Å². The molecule has 1 N–H and O–H groups in total. The van der Waals surface area contributed by atoms with Crippen molar-refractivity contribution in [1.29, 1.82) is 0 Å². The minimum Gasteiger partial charge on any atom is -0.497 e. The molecular weight excluding hydrogens is 224 g/mol. The molecule has 100 valence electrons. The maximum atomic E-state index is 5.34. The number of nitrogens with zero attached hydrogens (tertiary/aromatic N) is 1. The maximum absolute atomic E-state index is 5.34. The molecule has 0 saturated carbocycles. The minimum atomic E-state index is 0.501. The molecule has 0 amide bonds. The average molecular weight is 248 g/mol. The molecule has 3 nitrogen and oxygen atoms in total. The molecule has 0 aliphatic carbocycles. The van der Waals surface area contributed by atoms with Gasteiger partial charge in [0.15, 0.2) is 0 Å². The topological polar surface area (TPSA) is 24.5 Å². The summed E-state index contributed by atoms with van der Waals surface area (Å²) in [5.74, 6) is 1.63. The Morgan fingerprint density at radius 1 is 1.44 bits per heavy atom. The van der Waals surface area contributed by atoms with Crippen LogP contribution in [0, 0.1) is 5.92 Å². The Labute approximate surface area is 110 Å². The van der Waals surface area contributed by atoms with Crippen LogP contribution < -0.4 is 10.1 Å². The lowest BCUT2D eigenvalue weighted by atomic mass is 9.85. The molecule has 1 heterocycles. The summed E-state index contributed by atoms with van der Waals surface area (Å²) < 4.78 is 5.34. The van der Waals surface area contributed by atoms with Crippen molar-refractivity contribution in [2.24, 2.45) is 5.92 Å². The van der Waals surface area contributed by atoms with Gasteiger partial charge in [0.1, 0.15) is 5.75 Å². The third kappa shape index (κ3) is 2.85. The Balaban J connectivity index is 2.24. The maximum Gasteiger partial charge on any atom is 0.119 e. The van der Waals surface area contributed by atoms with E-state index in [1.165, 1.54) is 24.9 Å². The normalized spacial score (nSPS) is 25.1. The lowest BCUT2D eigenvalue weighted by Crippen LogP contribution is -2.39. The van der Waals surface area contributed by atoms with Crippen molar-refractivity contribution < 1.29 is 4.74 Å². The van der Waals surface area contributed by atoms with E-state index in [2.05, 4.69) is 35.5 Å². The van der Waals surface area contributed by atoms with Crippen LogP contribution in [0.1, 0.15) is 24.4 Å². The van der Waals surface area contributed by atoms with Gasteiger partial charge in [0.2, 0.25) is 0 Å². The third-order valence-corrected chi connectivity index (χ3v) is 3.91. The van der Waals surface area contributed by atoms with Crippen molar-refractivity contribution in [2.45, 2.75) is 18.9 Å². The minimum absolute atomic E-state index is 0.501. The number of likely N-dealkylation sites (tertiary alicyclic amines) is 1. The first-order valence-electron chi connectivity index (χ1n) is 6.75. The predicted octanol–water partition coefficient (Wildman–Crippen LogP) is 2.30. The summed E-state index contributed by atoms with van der Waals surface area (Å²) in [5, 5.41) is 3.33. The van der Waals surface area contributed by atoms with Crippen LogP contribution in [0.25, 0.3) is 0 Å². The van der Waals surface area contributed by atoms with Gasteiger partial charge in [-0.25, -0.2) is 0 Å². The zero-order valence-electron chi connectivity index (χ0n) is 11.6. The van der Waals surface area contributed by atoms with E-state index in [1.807, 2.05) is 13.1 Å². The number of nitrogens with one attached hydrogen (secondary N) is 1. The van der Waals surface area contributed by atoms with Crippen molar-refractivity contribution in [2.75, 3.05) is 34.3 Å². The molecule has 2 rings (SSSR count). The number of hydrogen-bond acceptors (Lipinski definition) is 3. The molecule has 2 unspecified atom stereocenters. The highest BCUT2D eigenvalue weighted by Gasteiger charge is 2.30. The number of rotatable bonds is 4. The van der Waals surface area contributed by atoms with E-state index >= 15 is 0 Å². The van der Waals surface area contributed by atoms with Gasteiger partial charge in [0, 0.05) is 6.04 Å². The first-order valence-corrected chi connectivity index (χ1v) is 6.75. The first kappa shape index (κ1) is 13.4. The fourth-order valence-corrected chi connectivity index (χ4v) is 3.09. The third-order valence-electron chi connectivity index (χ3n) is 3.91. The van der Waals surface area contributed by atoms with E-state index in [1.54, 1.807) is 7.11 Å². The Morgan fingerprint density at radius 2 is 2.28 bits per heavy atom. The van der Waals surface area contributed by atoms with Crippen LogP contribution in [-0.2, 0) is 0 Å². The van der Waals surface area contributed by atoms with Crippen LogP contribution in [-0.4, -0.2) is 39.2 Å². The molecule has 0 aromatic heterocycles. The largest absolute Gasteiger partial charge is 0.497 e. The Hall–Kier alpha value is -1.06. The Bertz CT molecular complexity index is 379. The molecule has 0 spiro atoms. The molecule has 0 bridgehead atoms. The van der Waals surface area contributed by atoms with E-state index in [9.17, 15) is 0 Å². The van der Waals surface area contributed by atoms with Gasteiger partial charge in [-0.05, 0) is 63.6 Å². The Morgan fingerprint density at radius 3 is 3.00 bits per heavy atom. The van der Waals surface area contributed by atoms with Crippen molar-refractivity contribution >= 4 is 0 Å². The van der Waals surface area contributed by atoms with E-state index in [-0.39, 0.29) is 0 Å². The van der Waals surface area contributed by atoms with E-state index < -0.39 is 0 Å². The summed E-state index contributed by atoms with van der Waals surface area (Å²) in [7, 11) is 6.00. The van der Waals surface area contributed by atoms with Gasteiger partial charge in [-0.15, -0.1) is 0 Å². The number of ether oxygens (including phenoxy) is 1. The Kier molecular flexibility index (Phi) is 4.61. The summed E-state index contributed by atoms with van der Waals surface area (Å²) in [6.45, 7) is 2.26. The number of benzene rings is 1. The van der Waals surface area contributed by atoms with Crippen molar-refractivity contribution in [3.8, 4) is 5.75 Å². The van der Waals surface area contributed by atoms with Crippen LogP contribution in [0.4, 0.5) is 0 Å². The quantitative estimate of drug-likeness (QED) is 0.885. The first-order chi connectivity index (χ1) is 8.76. The molecule has 1 aromatic rings. The van der Waals surface area contributed by atoms with Gasteiger partial charge in [0.25, 0.3) is 0 Å². The number of methoxy groups -OCH3 is 1. The zero-order valence-corrected chi connectivity index (χ0v) is 11.6. The molecule has 1 aromatic carbocycles. The van der Waals surface area contributed by atoms with E-state index in [0.29, 0.717) is 12.0 Å². The highest BCUT2D eigenvalue weighted by molar-refractivity contribution is 5.31. The smallest absolute Gasteiger partial charge is 0.119 e. The van der Waals surface area contributed by atoms with Gasteiger partial charge in [-0.1, -0.05) is 12.1 Å². The summed E-state index contributed by atoms with van der Waals surface area (Å²) in [6.07, 6.45) is 2.59. The molecule has 3 heteroatoms. The summed E-state index contributed by atoms with van der Waals surface area (Å²) in [5.41, 5.74) is 1.37. The second-order valence-electron chi connectivity index (χ2n) is 5.16. The molecule has 0 radical (unpaired) electrons. The van der Waals surface area contributed by atoms with Gasteiger partial charge in [0.05, 0.1) is 7.11 Å². The lowest BCUT2D eigenvalue weighted by Gasteiger charge is -2.39. The highest BCUT2D eigenvalue weighted by atomic mass is 16.5. The fraction of sp³-hybridized carbons (Fsp3) is 0.600. The van der Waals surface area contributed by atoms with Crippen LogP contribution in [0.3, 0.4) is 0 Å². The second kappa shape index (κ2) is 6.21. The van der Waals surface area contributed by atoms with Crippen LogP contribution in [0.15, 0.2) is 24.3 Å². The van der Waals surface area contributed by atoms with Crippen LogP contribution in [0.5, 0.6) is 5.75 Å². The summed E-state index contributed by atoms with van der Waals surface area (Å²) in [6, 6.07) is 9.00. The average Bonchev–Trinajstić information content (AvgIpc) is 2.39. The molecule has 2 atom stereocenters. The molecule has 1 fully saturated rings. The lowest BCUT2D eigenvalue weighted by molar-refractivity contribution is 0.120. The zero-order chi connectivity index (χ0) is 13.0. The van der Waals surface area contributed by atoms with Crippen molar-refractivity contribution in [3.63, 3.8) is 0 Å². The van der Waals surface area contributed by atoms with E-state index in [0.717, 1.165) is 12.3 Å². The molecular formula is C15H24N2O.